The van der Waals surface area contributed by atoms with Crippen LogP contribution in [0.2, 0.25) is 0 Å². The molecule has 5 rings (SSSR count). The maximum atomic E-state index is 15.4. The third-order valence-electron chi connectivity index (χ3n) is 5.87. The number of nitrogens with one attached hydrogen (secondary N) is 2. The maximum Gasteiger partial charge on any atom is 0.440 e. The maximum absolute atomic E-state index is 15.4. The second-order valence-corrected chi connectivity index (χ2v) is 8.01. The van der Waals surface area contributed by atoms with Crippen LogP contribution in [-0.4, -0.2) is 40.0 Å². The normalized spacial score (nSPS) is 13.1. The molecule has 2 aromatic heterocycles. The smallest absolute Gasteiger partial charge is 0.440 e. The van der Waals surface area contributed by atoms with E-state index >= 15 is 4.39 Å². The summed E-state index contributed by atoms with van der Waals surface area (Å²) in [4.78, 5) is 19.7. The molecule has 0 spiro atoms. The zero-order valence-corrected chi connectivity index (χ0v) is 19.4. The Morgan fingerprint density at radius 2 is 1.97 bits per heavy atom. The average molecular weight is 492 g/mol. The SMILES string of the molecule is COc1cc(F)c(C(Nc2ccc3c(c2)CN=C3N)c2nn(-c3cccc[n+]3O)c(=O)[nH]2)cc1OC. The van der Waals surface area contributed by atoms with Crippen LogP contribution in [0.25, 0.3) is 5.82 Å². The van der Waals surface area contributed by atoms with E-state index in [0.717, 1.165) is 20.5 Å². The Hall–Kier alpha value is -4.87. The van der Waals surface area contributed by atoms with Gasteiger partial charge < -0.3 is 25.7 Å². The van der Waals surface area contributed by atoms with Gasteiger partial charge in [0.1, 0.15) is 23.9 Å². The lowest BCUT2D eigenvalue weighted by atomic mass is 10.0. The molecular weight excluding hydrogens is 469 g/mol. The molecule has 5 N–H and O–H groups in total. The Morgan fingerprint density at radius 1 is 1.19 bits per heavy atom. The minimum atomic E-state index is -0.952. The third-order valence-corrected chi connectivity index (χ3v) is 5.87. The molecular formula is C24H23FN7O4+. The predicted octanol–water partition coefficient (Wildman–Crippen LogP) is 1.66. The number of pyridine rings is 1. The number of hydrogen-bond acceptors (Lipinski definition) is 8. The number of nitrogens with zero attached hydrogens (tertiary/aromatic N) is 4. The fraction of sp³-hybridized carbons (Fsp3) is 0.167. The molecule has 11 nitrogen and oxygen atoms in total. The van der Waals surface area contributed by atoms with Gasteiger partial charge in [-0.1, -0.05) is 11.2 Å². The van der Waals surface area contributed by atoms with Crippen LogP contribution in [0.4, 0.5) is 10.1 Å². The summed E-state index contributed by atoms with van der Waals surface area (Å²) in [7, 11) is 2.85. The van der Waals surface area contributed by atoms with E-state index in [0.29, 0.717) is 23.8 Å². The summed E-state index contributed by atoms with van der Waals surface area (Å²) in [6.45, 7) is 0.433. The van der Waals surface area contributed by atoms with E-state index in [1.165, 1.54) is 38.6 Å². The van der Waals surface area contributed by atoms with E-state index < -0.39 is 17.5 Å². The van der Waals surface area contributed by atoms with Crippen LogP contribution in [0.5, 0.6) is 11.5 Å². The van der Waals surface area contributed by atoms with Gasteiger partial charge in [-0.3, -0.25) is 9.98 Å². The minimum absolute atomic E-state index is 0.0988. The van der Waals surface area contributed by atoms with Crippen LogP contribution in [0.3, 0.4) is 0 Å². The van der Waals surface area contributed by atoms with Gasteiger partial charge in [0.2, 0.25) is 0 Å². The standard InChI is InChI=1S/C24H22FN7O4/c1-35-18-10-16(17(25)11-19(18)36-2)21(28-14-6-7-15-13(9-14)12-27-22(15)26)23-29-24(33)32(30-23)20-5-3-4-8-31(20)34/h3-11,21H,12H2,1-2H3,(H4-,26,27,28,29,30,33,34)/p+1. The number of H-pyrrole nitrogens is 1. The highest BCUT2D eigenvalue weighted by Crippen LogP contribution is 2.35. The topological polar surface area (TPSA) is 144 Å². The van der Waals surface area contributed by atoms with Gasteiger partial charge >= 0.3 is 11.5 Å². The van der Waals surface area contributed by atoms with Crippen LogP contribution >= 0.6 is 0 Å². The summed E-state index contributed by atoms with van der Waals surface area (Å²) in [5.41, 5.74) is 7.83. The molecule has 4 aromatic rings. The van der Waals surface area contributed by atoms with Crippen LogP contribution in [0, 0.1) is 5.82 Å². The van der Waals surface area contributed by atoms with Gasteiger partial charge in [0.25, 0.3) is 0 Å². The van der Waals surface area contributed by atoms with Crippen molar-refractivity contribution in [2.75, 3.05) is 19.5 Å². The number of nitrogens with two attached hydrogens (primary N) is 1. The fourth-order valence-corrected chi connectivity index (χ4v) is 4.09. The van der Waals surface area contributed by atoms with Gasteiger partial charge in [-0.15, -0.1) is 0 Å². The number of aromatic amines is 1. The van der Waals surface area contributed by atoms with Crippen molar-refractivity contribution in [1.29, 1.82) is 0 Å². The van der Waals surface area contributed by atoms with Crippen molar-refractivity contribution in [2.24, 2.45) is 10.7 Å². The molecule has 1 unspecified atom stereocenters. The van der Waals surface area contributed by atoms with Crippen molar-refractivity contribution < 1.29 is 23.8 Å². The zero-order chi connectivity index (χ0) is 25.4. The molecule has 0 saturated heterocycles. The van der Waals surface area contributed by atoms with Crippen LogP contribution < -0.4 is 30.9 Å². The summed E-state index contributed by atoms with van der Waals surface area (Å²) in [6, 6.07) is 11.9. The van der Waals surface area contributed by atoms with E-state index in [1.807, 2.05) is 12.1 Å². The number of benzene rings is 2. The van der Waals surface area contributed by atoms with Crippen molar-refractivity contribution in [3.05, 3.63) is 93.5 Å². The summed E-state index contributed by atoms with van der Waals surface area (Å²) in [6.07, 6.45) is 1.36. The highest BCUT2D eigenvalue weighted by atomic mass is 19.1. The number of aromatic nitrogens is 4. The minimum Gasteiger partial charge on any atom is -0.493 e. The second-order valence-electron chi connectivity index (χ2n) is 8.01. The Labute approximate surface area is 204 Å². The van der Waals surface area contributed by atoms with Crippen molar-refractivity contribution in [1.82, 2.24) is 14.8 Å². The number of anilines is 1. The number of halogens is 1. The van der Waals surface area contributed by atoms with Crippen LogP contribution in [0.1, 0.15) is 28.6 Å². The number of methoxy groups -OCH3 is 2. The number of fused-ring (bicyclic) bond motifs is 1. The van der Waals surface area contributed by atoms with E-state index in [-0.39, 0.29) is 23.0 Å². The predicted molar refractivity (Wildman–Crippen MR) is 127 cm³/mol. The molecule has 1 atom stereocenters. The number of rotatable bonds is 7. The van der Waals surface area contributed by atoms with Crippen molar-refractivity contribution in [3.63, 3.8) is 0 Å². The number of ether oxygens (including phenoxy) is 2. The first-order valence-electron chi connectivity index (χ1n) is 10.9. The van der Waals surface area contributed by atoms with Crippen molar-refractivity contribution in [2.45, 2.75) is 12.6 Å². The van der Waals surface area contributed by atoms with Gasteiger partial charge in [-0.2, -0.15) is 0 Å². The Bertz CT molecular complexity index is 1550. The molecule has 1 aliphatic heterocycles. The monoisotopic (exact) mass is 492 g/mol. The average Bonchev–Trinajstić information content (AvgIpc) is 3.44. The molecule has 0 radical (unpaired) electrons. The molecule has 3 heterocycles. The lowest BCUT2D eigenvalue weighted by Gasteiger charge is -2.20. The Morgan fingerprint density at radius 3 is 2.72 bits per heavy atom. The van der Waals surface area contributed by atoms with Gasteiger partial charge in [0, 0.05) is 28.9 Å². The third kappa shape index (κ3) is 3.98. The van der Waals surface area contributed by atoms with Crippen LogP contribution in [0.15, 0.2) is 64.5 Å². The number of hydrogen-bond donors (Lipinski definition) is 4. The largest absolute Gasteiger partial charge is 0.493 e. The molecule has 12 heteroatoms. The molecule has 36 heavy (non-hydrogen) atoms. The first-order valence-corrected chi connectivity index (χ1v) is 10.9. The van der Waals surface area contributed by atoms with E-state index in [1.54, 1.807) is 18.2 Å². The highest BCUT2D eigenvalue weighted by molar-refractivity contribution is 6.01. The molecule has 0 saturated carbocycles. The van der Waals surface area contributed by atoms with Crippen molar-refractivity contribution in [3.8, 4) is 17.3 Å². The molecule has 0 bridgehead atoms. The summed E-state index contributed by atoms with van der Waals surface area (Å²) >= 11 is 0. The molecule has 1 aliphatic rings. The molecule has 0 aliphatic carbocycles. The van der Waals surface area contributed by atoms with E-state index in [9.17, 15) is 10.0 Å². The Kier molecular flexibility index (Phi) is 5.76. The molecule has 2 aromatic carbocycles. The van der Waals surface area contributed by atoms with Crippen molar-refractivity contribution >= 4 is 11.5 Å². The summed E-state index contributed by atoms with van der Waals surface area (Å²) in [5.74, 6) is 0.572. The quantitative estimate of drug-likeness (QED) is 0.227. The Balaban J connectivity index is 1.63. The molecule has 0 amide bonds. The highest BCUT2D eigenvalue weighted by Gasteiger charge is 2.29. The van der Waals surface area contributed by atoms with Crippen LogP contribution in [-0.2, 0) is 6.54 Å². The summed E-state index contributed by atoms with van der Waals surface area (Å²) < 4.78 is 27.7. The van der Waals surface area contributed by atoms with E-state index in [4.69, 9.17) is 15.2 Å². The molecule has 184 valence electrons. The first kappa shape index (κ1) is 22.9. The van der Waals surface area contributed by atoms with E-state index in [2.05, 4.69) is 20.4 Å². The lowest BCUT2D eigenvalue weighted by molar-refractivity contribution is -0.899. The second kappa shape index (κ2) is 9.06. The molecule has 0 fully saturated rings. The zero-order valence-electron chi connectivity index (χ0n) is 19.4. The first-order chi connectivity index (χ1) is 17.4. The van der Waals surface area contributed by atoms with Gasteiger partial charge in [-0.25, -0.2) is 9.18 Å². The number of aliphatic imine (C=N–C) groups is 1. The van der Waals surface area contributed by atoms with Gasteiger partial charge in [0.05, 0.1) is 20.8 Å². The fourth-order valence-electron chi connectivity index (χ4n) is 4.09. The van der Waals surface area contributed by atoms with Gasteiger partial charge in [-0.05, 0) is 45.3 Å². The summed E-state index contributed by atoms with van der Waals surface area (Å²) in [5, 5.41) is 17.8. The number of amidine groups is 1. The lowest BCUT2D eigenvalue weighted by Crippen LogP contribution is -2.38. The van der Waals surface area contributed by atoms with Gasteiger partial charge in [0.15, 0.2) is 17.3 Å².